The number of para-hydroxylation sites is 1. The van der Waals surface area contributed by atoms with Gasteiger partial charge >= 0.3 is 0 Å². The van der Waals surface area contributed by atoms with Crippen LogP contribution in [-0.2, 0) is 11.8 Å². The highest BCUT2D eigenvalue weighted by atomic mass is 35.6. The Morgan fingerprint density at radius 2 is 1.77 bits per heavy atom. The van der Waals surface area contributed by atoms with Crippen molar-refractivity contribution in [3.05, 3.63) is 46.4 Å². The molecule has 30 heavy (non-hydrogen) atoms. The maximum Gasteiger partial charge on any atom is 0.295 e. The molecule has 0 aliphatic heterocycles. The largest absolute Gasteiger partial charge is 0.339 e. The van der Waals surface area contributed by atoms with E-state index in [2.05, 4.69) is 16.0 Å². The maximum absolute atomic E-state index is 13.0. The van der Waals surface area contributed by atoms with Crippen LogP contribution in [0.2, 0.25) is 0 Å². The van der Waals surface area contributed by atoms with Crippen LogP contribution in [0.4, 0.5) is 5.69 Å². The second-order valence-corrected chi connectivity index (χ2v) is 9.95. The Hall–Kier alpha value is -1.74. The number of hydrogen-bond acceptors (Lipinski definition) is 3. The van der Waals surface area contributed by atoms with Gasteiger partial charge in [-0.3, -0.25) is 14.3 Å². The number of nitrogens with one attached hydrogen (secondary N) is 3. The van der Waals surface area contributed by atoms with Crippen molar-refractivity contribution in [3.63, 3.8) is 0 Å². The van der Waals surface area contributed by atoms with E-state index in [0.29, 0.717) is 11.4 Å². The van der Waals surface area contributed by atoms with Crippen molar-refractivity contribution in [2.24, 2.45) is 13.0 Å². The summed E-state index contributed by atoms with van der Waals surface area (Å²) in [5.74, 6) is -0.159. The standard InChI is InChI=1S/C19H24Cl3N5O2S/c1-11(2)10-14(28)23-17(19(20,21)22)25-18(30)24-15-12(3)26(4)27(16(15)29)13-8-6-5-7-9-13/h5-9,11,17H,10H2,1-4H3,(H,23,28)(H2,24,25,30)/t17-/m1/s1. The van der Waals surface area contributed by atoms with Crippen LogP contribution in [0.1, 0.15) is 26.0 Å². The first kappa shape index (κ1) is 24.5. The van der Waals surface area contributed by atoms with Crippen LogP contribution in [0, 0.1) is 12.8 Å². The van der Waals surface area contributed by atoms with Crippen LogP contribution in [0.3, 0.4) is 0 Å². The molecule has 0 aliphatic carbocycles. The molecule has 1 atom stereocenters. The number of carbonyl (C=O) groups excluding carboxylic acids is 1. The average molecular weight is 493 g/mol. The molecule has 1 aromatic heterocycles. The molecule has 2 aromatic rings. The molecule has 0 radical (unpaired) electrons. The quantitative estimate of drug-likeness (QED) is 0.326. The lowest BCUT2D eigenvalue weighted by Crippen LogP contribution is -2.56. The Labute approximate surface area is 195 Å². The molecule has 2 rings (SSSR count). The first-order valence-electron chi connectivity index (χ1n) is 9.19. The fraction of sp³-hybridized carbons (Fsp3) is 0.421. The lowest BCUT2D eigenvalue weighted by molar-refractivity contribution is -0.122. The molecule has 1 amide bonds. The molecular weight excluding hydrogens is 469 g/mol. The summed E-state index contributed by atoms with van der Waals surface area (Å²) in [6.07, 6.45) is -0.826. The van der Waals surface area contributed by atoms with Crippen molar-refractivity contribution >= 4 is 63.7 Å². The van der Waals surface area contributed by atoms with E-state index in [0.717, 1.165) is 0 Å². The van der Waals surface area contributed by atoms with Crippen LogP contribution in [0.5, 0.6) is 0 Å². The average Bonchev–Trinajstić information content (AvgIpc) is 2.84. The Kier molecular flexibility index (Phi) is 8.21. The van der Waals surface area contributed by atoms with E-state index < -0.39 is 9.96 Å². The zero-order valence-electron chi connectivity index (χ0n) is 17.0. The van der Waals surface area contributed by atoms with Crippen molar-refractivity contribution in [1.29, 1.82) is 0 Å². The Bertz CT molecular complexity index is 967. The summed E-state index contributed by atoms with van der Waals surface area (Å²) in [5.41, 5.74) is 1.34. The third kappa shape index (κ3) is 6.14. The molecule has 0 spiro atoms. The first-order chi connectivity index (χ1) is 13.9. The summed E-state index contributed by atoms with van der Waals surface area (Å²) in [6.45, 7) is 5.58. The van der Waals surface area contributed by atoms with Gasteiger partial charge in [0.1, 0.15) is 11.9 Å². The smallest absolute Gasteiger partial charge is 0.295 e. The van der Waals surface area contributed by atoms with E-state index in [1.54, 1.807) is 18.7 Å². The van der Waals surface area contributed by atoms with E-state index in [1.807, 2.05) is 44.2 Å². The third-order valence-corrected chi connectivity index (χ3v) is 5.17. The van der Waals surface area contributed by atoms with Gasteiger partial charge in [0, 0.05) is 13.5 Å². The summed E-state index contributed by atoms with van der Waals surface area (Å²) in [5, 5.41) is 8.28. The molecule has 1 aromatic carbocycles. The van der Waals surface area contributed by atoms with Crippen molar-refractivity contribution < 1.29 is 4.79 Å². The highest BCUT2D eigenvalue weighted by Crippen LogP contribution is 2.29. The van der Waals surface area contributed by atoms with E-state index in [9.17, 15) is 9.59 Å². The molecule has 0 bridgehead atoms. The molecule has 0 fully saturated rings. The molecule has 1 heterocycles. The minimum Gasteiger partial charge on any atom is -0.339 e. The lowest BCUT2D eigenvalue weighted by Gasteiger charge is -2.28. The zero-order valence-corrected chi connectivity index (χ0v) is 20.1. The van der Waals surface area contributed by atoms with Crippen LogP contribution >= 0.6 is 47.0 Å². The molecular formula is C19H24Cl3N5O2S. The first-order valence-corrected chi connectivity index (χ1v) is 10.7. The van der Waals surface area contributed by atoms with Gasteiger partial charge in [0.05, 0.1) is 11.4 Å². The number of carbonyl (C=O) groups is 1. The summed E-state index contributed by atoms with van der Waals surface area (Å²) in [7, 11) is 1.77. The topological polar surface area (TPSA) is 80.1 Å². The van der Waals surface area contributed by atoms with E-state index in [1.165, 1.54) is 4.68 Å². The van der Waals surface area contributed by atoms with Gasteiger partial charge in [-0.15, -0.1) is 0 Å². The van der Waals surface area contributed by atoms with E-state index in [4.69, 9.17) is 47.0 Å². The Balaban J connectivity index is 2.22. The summed E-state index contributed by atoms with van der Waals surface area (Å²) < 4.78 is 1.35. The van der Waals surface area contributed by atoms with Gasteiger partial charge in [0.2, 0.25) is 9.70 Å². The molecule has 3 N–H and O–H groups in total. The fourth-order valence-electron chi connectivity index (χ4n) is 2.78. The highest BCUT2D eigenvalue weighted by molar-refractivity contribution is 7.80. The Morgan fingerprint density at radius 3 is 2.30 bits per heavy atom. The van der Waals surface area contributed by atoms with Gasteiger partial charge in [-0.05, 0) is 37.2 Å². The fourth-order valence-corrected chi connectivity index (χ4v) is 3.33. The number of anilines is 1. The van der Waals surface area contributed by atoms with Gasteiger partial charge in [-0.1, -0.05) is 66.8 Å². The molecule has 0 unspecified atom stereocenters. The Morgan fingerprint density at radius 1 is 1.17 bits per heavy atom. The SMILES string of the molecule is Cc1c(NC(=S)N[C@@H](NC(=O)CC(C)C)C(Cl)(Cl)Cl)c(=O)n(-c2ccccc2)n1C. The van der Waals surface area contributed by atoms with Crippen LogP contribution in [0.25, 0.3) is 5.69 Å². The van der Waals surface area contributed by atoms with Crippen LogP contribution in [-0.4, -0.2) is 30.3 Å². The minimum absolute atomic E-state index is 0.0298. The minimum atomic E-state index is -1.87. The molecule has 0 saturated heterocycles. The number of benzene rings is 1. The van der Waals surface area contributed by atoms with E-state index in [-0.39, 0.29) is 34.6 Å². The number of hydrogen-bond donors (Lipinski definition) is 3. The molecule has 164 valence electrons. The molecule has 7 nitrogen and oxygen atoms in total. The van der Waals surface area contributed by atoms with Crippen LogP contribution in [0.15, 0.2) is 35.1 Å². The van der Waals surface area contributed by atoms with E-state index >= 15 is 0 Å². The number of rotatable bonds is 6. The van der Waals surface area contributed by atoms with Crippen molar-refractivity contribution in [3.8, 4) is 5.69 Å². The highest BCUT2D eigenvalue weighted by Gasteiger charge is 2.35. The summed E-state index contributed by atoms with van der Waals surface area (Å²) in [6, 6.07) is 9.20. The third-order valence-electron chi connectivity index (χ3n) is 4.29. The van der Waals surface area contributed by atoms with Gasteiger partial charge < -0.3 is 16.0 Å². The van der Waals surface area contributed by atoms with Crippen molar-refractivity contribution in [1.82, 2.24) is 20.0 Å². The van der Waals surface area contributed by atoms with Gasteiger partial charge in [0.25, 0.3) is 5.56 Å². The predicted molar refractivity (Wildman–Crippen MR) is 127 cm³/mol. The van der Waals surface area contributed by atoms with Gasteiger partial charge in [-0.2, -0.15) is 0 Å². The summed E-state index contributed by atoms with van der Waals surface area (Å²) in [4.78, 5) is 25.1. The monoisotopic (exact) mass is 491 g/mol. The number of nitrogens with zero attached hydrogens (tertiary/aromatic N) is 2. The molecule has 11 heteroatoms. The maximum atomic E-state index is 13.0. The zero-order chi connectivity index (χ0) is 22.6. The number of aromatic nitrogens is 2. The van der Waals surface area contributed by atoms with Crippen LogP contribution < -0.4 is 21.5 Å². The summed E-state index contributed by atoms with van der Waals surface area (Å²) >= 11 is 23.3. The second kappa shape index (κ2) is 10.0. The number of alkyl halides is 3. The lowest BCUT2D eigenvalue weighted by atomic mass is 10.1. The normalized spacial score (nSPS) is 12.5. The van der Waals surface area contributed by atoms with Gasteiger partial charge in [-0.25, -0.2) is 4.68 Å². The number of thiocarbonyl (C=S) groups is 1. The van der Waals surface area contributed by atoms with Gasteiger partial charge in [0.15, 0.2) is 5.11 Å². The predicted octanol–water partition coefficient (Wildman–Crippen LogP) is 3.63. The molecule has 0 aliphatic rings. The second-order valence-electron chi connectivity index (χ2n) is 7.18. The number of amides is 1. The number of halogens is 3. The molecule has 0 saturated carbocycles. The van der Waals surface area contributed by atoms with Crippen molar-refractivity contribution in [2.45, 2.75) is 37.2 Å². The van der Waals surface area contributed by atoms with Crippen molar-refractivity contribution in [2.75, 3.05) is 5.32 Å².